The molecule has 0 fully saturated rings. The monoisotopic (exact) mass is 479 g/mol. The standard InChI is InChI=1S/C26H29N3O4S/c1-33-21-8-5-18(6-9-21)15-27-16-19-4-2-3-17(13-19)11-12-28-23(31)14-20-7-10-22(30)24-25(20)34-26(32)29-24/h2-10,13,23,27-28,30-31H,11-12,14-16H2,1H3,(H,29,32)/t23-/m1/s1. The average molecular weight is 480 g/mol. The zero-order valence-corrected chi connectivity index (χ0v) is 19.8. The normalized spacial score (nSPS) is 12.2. The largest absolute Gasteiger partial charge is 0.506 e. The number of ether oxygens (including phenoxy) is 1. The van der Waals surface area contributed by atoms with Crippen LogP contribution in [0.1, 0.15) is 22.3 Å². The molecule has 0 bridgehead atoms. The van der Waals surface area contributed by atoms with Crippen molar-refractivity contribution in [1.29, 1.82) is 0 Å². The second-order valence-corrected chi connectivity index (χ2v) is 9.14. The van der Waals surface area contributed by atoms with Gasteiger partial charge in [0.25, 0.3) is 0 Å². The zero-order valence-electron chi connectivity index (χ0n) is 19.0. The summed E-state index contributed by atoms with van der Waals surface area (Å²) in [5, 5.41) is 27.0. The van der Waals surface area contributed by atoms with Crippen LogP contribution >= 0.6 is 11.3 Å². The van der Waals surface area contributed by atoms with Crippen molar-refractivity contribution in [2.45, 2.75) is 32.2 Å². The molecule has 0 saturated carbocycles. The van der Waals surface area contributed by atoms with Crippen molar-refractivity contribution in [2.75, 3.05) is 13.7 Å². The molecule has 4 aromatic rings. The molecule has 1 atom stereocenters. The Hall–Kier alpha value is -3.17. The molecular weight excluding hydrogens is 450 g/mol. The van der Waals surface area contributed by atoms with Crippen LogP contribution < -0.4 is 20.2 Å². The smallest absolute Gasteiger partial charge is 0.305 e. The van der Waals surface area contributed by atoms with E-state index in [2.05, 4.69) is 52.0 Å². The van der Waals surface area contributed by atoms with E-state index in [0.29, 0.717) is 23.2 Å². The van der Waals surface area contributed by atoms with Crippen molar-refractivity contribution in [3.63, 3.8) is 0 Å². The summed E-state index contributed by atoms with van der Waals surface area (Å²) in [4.78, 5) is 14.1. The first-order valence-electron chi connectivity index (χ1n) is 11.2. The highest BCUT2D eigenvalue weighted by molar-refractivity contribution is 7.16. The van der Waals surface area contributed by atoms with Gasteiger partial charge in [0.1, 0.15) is 23.2 Å². The number of fused-ring (bicyclic) bond motifs is 1. The van der Waals surface area contributed by atoms with Crippen LogP contribution in [0.15, 0.2) is 65.5 Å². The maximum absolute atomic E-state index is 11.7. The van der Waals surface area contributed by atoms with Gasteiger partial charge in [0, 0.05) is 26.1 Å². The Morgan fingerprint density at radius 2 is 1.79 bits per heavy atom. The molecule has 8 heteroatoms. The van der Waals surface area contributed by atoms with Crippen LogP contribution in [0.5, 0.6) is 11.5 Å². The van der Waals surface area contributed by atoms with Crippen LogP contribution in [0.4, 0.5) is 0 Å². The van der Waals surface area contributed by atoms with Crippen LogP contribution in [0.25, 0.3) is 10.2 Å². The highest BCUT2D eigenvalue weighted by Crippen LogP contribution is 2.28. The average Bonchev–Trinajstić information content (AvgIpc) is 3.24. The summed E-state index contributed by atoms with van der Waals surface area (Å²) in [6, 6.07) is 19.7. The molecule has 0 spiro atoms. The molecule has 0 radical (unpaired) electrons. The van der Waals surface area contributed by atoms with Gasteiger partial charge < -0.3 is 25.3 Å². The molecule has 34 heavy (non-hydrogen) atoms. The van der Waals surface area contributed by atoms with E-state index in [4.69, 9.17) is 4.74 Å². The third-order valence-corrected chi connectivity index (χ3v) is 6.61. The number of phenolic OH excluding ortho intramolecular Hbond substituents is 1. The first-order valence-corrected chi connectivity index (χ1v) is 12.0. The number of aliphatic hydroxyl groups is 1. The fourth-order valence-electron chi connectivity index (χ4n) is 3.89. The van der Waals surface area contributed by atoms with Crippen molar-refractivity contribution in [3.05, 3.63) is 92.6 Å². The molecule has 1 aromatic heterocycles. The summed E-state index contributed by atoms with van der Waals surface area (Å²) in [6.45, 7) is 2.17. The van der Waals surface area contributed by atoms with Crippen LogP contribution in [0, 0.1) is 0 Å². The van der Waals surface area contributed by atoms with Gasteiger partial charge >= 0.3 is 4.87 Å². The summed E-state index contributed by atoms with van der Waals surface area (Å²) in [5.41, 5.74) is 4.85. The lowest BCUT2D eigenvalue weighted by Crippen LogP contribution is -2.32. The lowest BCUT2D eigenvalue weighted by molar-refractivity contribution is 0.138. The van der Waals surface area contributed by atoms with Crippen molar-refractivity contribution in [3.8, 4) is 11.5 Å². The number of methoxy groups -OCH3 is 1. The summed E-state index contributed by atoms with van der Waals surface area (Å²) >= 11 is 1.04. The van der Waals surface area contributed by atoms with E-state index >= 15 is 0 Å². The van der Waals surface area contributed by atoms with Crippen LogP contribution in [0.3, 0.4) is 0 Å². The summed E-state index contributed by atoms with van der Waals surface area (Å²) in [7, 11) is 1.66. The van der Waals surface area contributed by atoms with Crippen LogP contribution in [-0.2, 0) is 25.9 Å². The minimum Gasteiger partial charge on any atom is -0.506 e. The van der Waals surface area contributed by atoms with Gasteiger partial charge in [-0.1, -0.05) is 53.8 Å². The number of aromatic hydroxyl groups is 1. The maximum atomic E-state index is 11.7. The minimum absolute atomic E-state index is 0.0397. The second-order valence-electron chi connectivity index (χ2n) is 8.16. The molecule has 178 valence electrons. The highest BCUT2D eigenvalue weighted by Gasteiger charge is 2.13. The van der Waals surface area contributed by atoms with Gasteiger partial charge in [-0.15, -0.1) is 0 Å². The number of aliphatic hydroxyl groups excluding tert-OH is 1. The van der Waals surface area contributed by atoms with E-state index in [0.717, 1.165) is 42.2 Å². The van der Waals surface area contributed by atoms with Gasteiger partial charge in [0.05, 0.1) is 11.8 Å². The molecular formula is C26H29N3O4S. The van der Waals surface area contributed by atoms with Gasteiger partial charge in [-0.05, 0) is 46.9 Å². The van der Waals surface area contributed by atoms with Crippen molar-refractivity contribution >= 4 is 21.6 Å². The van der Waals surface area contributed by atoms with E-state index < -0.39 is 6.23 Å². The number of benzene rings is 3. The predicted molar refractivity (Wildman–Crippen MR) is 136 cm³/mol. The number of H-pyrrole nitrogens is 1. The Balaban J connectivity index is 1.24. The molecule has 0 aliphatic carbocycles. The molecule has 5 N–H and O–H groups in total. The highest BCUT2D eigenvalue weighted by atomic mass is 32.1. The Kier molecular flexibility index (Phi) is 7.97. The summed E-state index contributed by atoms with van der Waals surface area (Å²) < 4.78 is 5.87. The lowest BCUT2D eigenvalue weighted by Gasteiger charge is -2.14. The Bertz CT molecular complexity index is 1280. The maximum Gasteiger partial charge on any atom is 0.305 e. The Morgan fingerprint density at radius 1 is 1.03 bits per heavy atom. The molecule has 0 amide bonds. The molecule has 0 saturated heterocycles. The Morgan fingerprint density at radius 3 is 2.59 bits per heavy atom. The minimum atomic E-state index is -0.751. The van der Waals surface area contributed by atoms with Crippen molar-refractivity contribution in [2.24, 2.45) is 0 Å². The molecule has 1 heterocycles. The summed E-state index contributed by atoms with van der Waals surface area (Å²) in [6.07, 6.45) is 0.380. The van der Waals surface area contributed by atoms with Gasteiger partial charge in [-0.3, -0.25) is 10.1 Å². The number of nitrogens with one attached hydrogen (secondary N) is 3. The van der Waals surface area contributed by atoms with E-state index in [1.807, 2.05) is 12.1 Å². The molecule has 3 aromatic carbocycles. The molecule has 0 unspecified atom stereocenters. The van der Waals surface area contributed by atoms with Crippen molar-refractivity contribution < 1.29 is 14.9 Å². The number of phenols is 1. The molecule has 0 aliphatic rings. The van der Waals surface area contributed by atoms with Gasteiger partial charge in [-0.25, -0.2) is 0 Å². The number of thiazole rings is 1. The number of hydrogen-bond donors (Lipinski definition) is 5. The molecule has 4 rings (SSSR count). The third kappa shape index (κ3) is 6.24. The van der Waals surface area contributed by atoms with Crippen LogP contribution in [-0.4, -0.2) is 35.1 Å². The quantitative estimate of drug-likeness (QED) is 0.211. The van der Waals surface area contributed by atoms with Gasteiger partial charge in [0.15, 0.2) is 0 Å². The predicted octanol–water partition coefficient (Wildman–Crippen LogP) is 3.29. The number of aromatic amines is 1. The van der Waals surface area contributed by atoms with E-state index in [-0.39, 0.29) is 10.6 Å². The van der Waals surface area contributed by atoms with Gasteiger partial charge in [0.2, 0.25) is 0 Å². The number of aromatic nitrogens is 1. The summed E-state index contributed by atoms with van der Waals surface area (Å²) in [5.74, 6) is 0.895. The van der Waals surface area contributed by atoms with E-state index in [1.54, 1.807) is 19.2 Å². The van der Waals surface area contributed by atoms with E-state index in [9.17, 15) is 15.0 Å². The fourth-order valence-corrected chi connectivity index (χ4v) is 4.77. The molecule has 0 aliphatic heterocycles. The second kappa shape index (κ2) is 11.3. The first kappa shape index (κ1) is 24.0. The first-order chi connectivity index (χ1) is 16.5. The van der Waals surface area contributed by atoms with Crippen LogP contribution in [0.2, 0.25) is 0 Å². The van der Waals surface area contributed by atoms with Gasteiger partial charge in [-0.2, -0.15) is 0 Å². The Labute approximate surface area is 202 Å². The number of hydrogen-bond acceptors (Lipinski definition) is 7. The zero-order chi connectivity index (χ0) is 23.9. The lowest BCUT2D eigenvalue weighted by atomic mass is 10.1. The number of rotatable bonds is 11. The van der Waals surface area contributed by atoms with Crippen molar-refractivity contribution in [1.82, 2.24) is 15.6 Å². The molecule has 7 nitrogen and oxygen atoms in total. The fraction of sp³-hybridized carbons (Fsp3) is 0.269. The van der Waals surface area contributed by atoms with E-state index in [1.165, 1.54) is 16.7 Å². The SMILES string of the molecule is COc1ccc(CNCc2cccc(CCN[C@H](O)Cc3ccc(O)c4[nH]c(=O)sc34)c2)cc1. The topological polar surface area (TPSA) is 107 Å². The third-order valence-electron chi connectivity index (χ3n) is 5.65.